The van der Waals surface area contributed by atoms with E-state index in [0.29, 0.717) is 30.7 Å². The maximum absolute atomic E-state index is 12.8. The monoisotopic (exact) mass is 1710 g/mol. The number of Topliss-reactive ketones (excluding diaryl/α,β-unsaturated/α-hetero) is 5. The Kier molecular flexibility index (Phi) is 55.3. The molecule has 1 rings (SSSR count). The molecule has 1 heterocycles. The van der Waals surface area contributed by atoms with Gasteiger partial charge in [-0.25, -0.2) is 9.59 Å². The van der Waals surface area contributed by atoms with Crippen LogP contribution in [0.25, 0.3) is 0 Å². The SMILES string of the molecule is CCCC(=O)CNC(=O)CCC(=O)CN(CC(=O)OC)C(=O)CNC(=O)CCC(=O)CN(CC(=O)OC)C(=O)CNC(=O)CCC(=O)OC(C)(C)C.CCCC(=O)CNC(=O)CCC(=O)CN(CC(=O)OC)C(=O)CNC(=O)CN.COC(=O)CN(CC(=O)ON1C(=O)CCC1=O)C(=O)CNC(=O)CCC(=O)OC(C)(C)C.O=C(O)C(F)(F)F. The summed E-state index contributed by atoms with van der Waals surface area (Å²) in [7, 11) is 4.34. The molecule has 0 saturated carbocycles. The van der Waals surface area contributed by atoms with E-state index in [4.69, 9.17) is 25.1 Å². The van der Waals surface area contributed by atoms with E-state index in [1.807, 2.05) is 13.8 Å². The number of carbonyl (C=O) groups excluding carboxylic acids is 24. The zero-order valence-electron chi connectivity index (χ0n) is 68.4. The van der Waals surface area contributed by atoms with Crippen molar-refractivity contribution < 1.29 is 171 Å². The highest BCUT2D eigenvalue weighted by molar-refractivity contribution is 6.02. The molecule has 0 aromatic heterocycles. The minimum absolute atomic E-state index is 0.0886. The lowest BCUT2D eigenvalue weighted by molar-refractivity contribution is -0.198. The van der Waals surface area contributed by atoms with Gasteiger partial charge in [-0.15, -0.1) is 5.06 Å². The fraction of sp³-hybridized carbons (Fsp3) is 0.648. The van der Waals surface area contributed by atoms with Crippen LogP contribution in [0.2, 0.25) is 0 Å². The van der Waals surface area contributed by atoms with Gasteiger partial charge in [0.25, 0.3) is 11.8 Å². The highest BCUT2D eigenvalue weighted by atomic mass is 19.4. The number of alkyl halides is 3. The number of nitrogens with one attached hydrogen (secondary N) is 6. The minimum Gasteiger partial charge on any atom is -0.475 e. The third-order valence-electron chi connectivity index (χ3n) is 14.3. The molecule has 9 N–H and O–H groups in total. The van der Waals surface area contributed by atoms with Crippen LogP contribution in [-0.4, -0.2) is 321 Å². The first kappa shape index (κ1) is 111. The van der Waals surface area contributed by atoms with Crippen molar-refractivity contribution in [3.8, 4) is 0 Å². The number of imide groups is 1. The van der Waals surface area contributed by atoms with E-state index >= 15 is 0 Å². The molecule has 1 aliphatic heterocycles. The van der Waals surface area contributed by atoms with Crippen molar-refractivity contribution in [1.82, 2.24) is 56.6 Å². The molecule has 119 heavy (non-hydrogen) atoms. The number of halogens is 3. The van der Waals surface area contributed by atoms with Crippen LogP contribution < -0.4 is 37.6 Å². The smallest absolute Gasteiger partial charge is 0.475 e. The van der Waals surface area contributed by atoms with Gasteiger partial charge in [0.1, 0.15) is 43.9 Å². The van der Waals surface area contributed by atoms with Crippen molar-refractivity contribution >= 4 is 148 Å². The molecule has 0 unspecified atom stereocenters. The van der Waals surface area contributed by atoms with Crippen molar-refractivity contribution in [3.63, 3.8) is 0 Å². The fourth-order valence-electron chi connectivity index (χ4n) is 8.39. The molecule has 0 radical (unpaired) electrons. The normalized spacial score (nSPS) is 11.2. The second-order valence-electron chi connectivity index (χ2n) is 26.9. The summed E-state index contributed by atoms with van der Waals surface area (Å²) >= 11 is 0. The van der Waals surface area contributed by atoms with Gasteiger partial charge in [-0.2, -0.15) is 13.2 Å². The number of ketones is 5. The number of nitrogens with zero attached hydrogens (tertiary/aromatic N) is 5. The molecule has 12 amide bonds. The minimum atomic E-state index is -5.08. The molecule has 0 aromatic rings. The first-order valence-corrected chi connectivity index (χ1v) is 36.4. The molecule has 48 heteroatoms. The predicted octanol–water partition coefficient (Wildman–Crippen LogP) is -4.11. The Morgan fingerprint density at radius 2 is 0.588 bits per heavy atom. The van der Waals surface area contributed by atoms with Gasteiger partial charge in [-0.3, -0.25) is 110 Å². The van der Waals surface area contributed by atoms with Crippen LogP contribution in [0.3, 0.4) is 0 Å². The van der Waals surface area contributed by atoms with Gasteiger partial charge in [-0.1, -0.05) is 13.8 Å². The lowest BCUT2D eigenvalue weighted by Gasteiger charge is -2.22. The van der Waals surface area contributed by atoms with Gasteiger partial charge in [0, 0.05) is 77.0 Å². The number of carboxylic acid groups (broad SMARTS) is 1. The molecule has 670 valence electrons. The lowest BCUT2D eigenvalue weighted by Crippen LogP contribution is -2.46. The number of methoxy groups -OCH3 is 4. The quantitative estimate of drug-likeness (QED) is 0.0163. The molecular formula is C71H107F3N12O33. The van der Waals surface area contributed by atoms with Gasteiger partial charge in [0.15, 0.2) is 28.9 Å². The van der Waals surface area contributed by atoms with Crippen molar-refractivity contribution in [2.75, 3.05) is 127 Å². The van der Waals surface area contributed by atoms with E-state index in [0.717, 1.165) is 48.0 Å². The summed E-state index contributed by atoms with van der Waals surface area (Å²) in [6.07, 6.45) is -5.97. The first-order valence-electron chi connectivity index (χ1n) is 36.4. The van der Waals surface area contributed by atoms with Crippen LogP contribution in [0.4, 0.5) is 13.2 Å². The standard InChI is InChI=1S/C33H51N5O14.C19H27N3O10.C17H28N4O7.C2HF3O2/c1-7-8-22(39)15-34-25(42)11-9-23(40)18-37(20-31(48)50-5)28(45)16-35-26(43)12-10-24(41)19-38(21-32(49)51-6)29(46)17-36-27(44)13-14-30(47)52-33(2,3)4;1-19(2,3)31-16(27)8-5-12(23)20-9-15(26)21(10-17(28)30-4)11-18(29)32-22-13(24)6-7-14(22)25;1-3-4-12(22)8-19-14(24)6-5-13(23)10-21(11-17(27)28-2)16(26)9-20-15(25)7-18;3-2(4,5)1(6)7/h7-21H2,1-6H3,(H,34,42)(H,35,43)(H,36,44);5-11H2,1-4H3,(H,20,23);3-11,18H2,1-2H3,(H,19,24)(H,20,25);(H,6,7). The average Bonchev–Trinajstić information content (AvgIpc) is 1.75. The number of esters is 6. The number of amides is 12. The molecule has 0 atom stereocenters. The Morgan fingerprint density at radius 1 is 0.353 bits per heavy atom. The van der Waals surface area contributed by atoms with Gasteiger partial charge < -0.3 is 95.6 Å². The molecular weight excluding hydrogens is 1610 g/mol. The van der Waals surface area contributed by atoms with Crippen molar-refractivity contribution in [1.29, 1.82) is 0 Å². The zero-order chi connectivity index (χ0) is 91.9. The Hall–Kier alpha value is -12.3. The van der Waals surface area contributed by atoms with Crippen LogP contribution in [-0.2, 0) is 153 Å². The van der Waals surface area contributed by atoms with E-state index in [1.165, 1.54) is 0 Å². The topological polar surface area (TPSA) is 626 Å². The maximum atomic E-state index is 12.8. The van der Waals surface area contributed by atoms with Crippen molar-refractivity contribution in [3.05, 3.63) is 0 Å². The lowest BCUT2D eigenvalue weighted by atomic mass is 10.2. The molecule has 0 aliphatic carbocycles. The fourth-order valence-corrected chi connectivity index (χ4v) is 8.39. The number of hydrogen-bond acceptors (Lipinski definition) is 33. The summed E-state index contributed by atoms with van der Waals surface area (Å²) in [5, 5.41) is 21.4. The summed E-state index contributed by atoms with van der Waals surface area (Å²) in [4.78, 5) is 303. The average molecular weight is 1710 g/mol. The number of ether oxygens (including phenoxy) is 6. The third kappa shape index (κ3) is 58.2. The van der Waals surface area contributed by atoms with E-state index in [1.54, 1.807) is 41.5 Å². The molecule has 1 aliphatic rings. The largest absolute Gasteiger partial charge is 0.490 e. The molecule has 45 nitrogen and oxygen atoms in total. The van der Waals surface area contributed by atoms with Crippen LogP contribution in [0, 0.1) is 0 Å². The van der Waals surface area contributed by atoms with E-state index in [-0.39, 0.29) is 95.4 Å². The number of nitrogens with two attached hydrogens (primary N) is 1. The zero-order valence-corrected chi connectivity index (χ0v) is 68.4. The molecule has 0 bridgehead atoms. The van der Waals surface area contributed by atoms with E-state index in [2.05, 4.69) is 55.7 Å². The molecule has 0 aromatic carbocycles. The number of hydroxylamine groups is 2. The van der Waals surface area contributed by atoms with Gasteiger partial charge in [0.2, 0.25) is 59.1 Å². The van der Waals surface area contributed by atoms with Crippen molar-refractivity contribution in [2.24, 2.45) is 5.73 Å². The number of aliphatic carboxylic acids is 1. The van der Waals surface area contributed by atoms with Gasteiger partial charge >= 0.3 is 53.9 Å². The third-order valence-corrected chi connectivity index (χ3v) is 14.3. The van der Waals surface area contributed by atoms with E-state index < -0.39 is 245 Å². The summed E-state index contributed by atoms with van der Waals surface area (Å²) in [6.45, 7) is 6.12. The summed E-state index contributed by atoms with van der Waals surface area (Å²) in [5.74, 6) is -18.5. The van der Waals surface area contributed by atoms with Gasteiger partial charge in [0.05, 0.1) is 107 Å². The second-order valence-corrected chi connectivity index (χ2v) is 26.9. The number of carbonyl (C=O) groups is 25. The van der Waals surface area contributed by atoms with Crippen molar-refractivity contribution in [2.45, 2.75) is 176 Å². The summed E-state index contributed by atoms with van der Waals surface area (Å²) in [6, 6.07) is 0. The van der Waals surface area contributed by atoms with Gasteiger partial charge in [-0.05, 0) is 54.4 Å². The first-order chi connectivity index (χ1) is 55.3. The second kappa shape index (κ2) is 59.4. The summed E-state index contributed by atoms with van der Waals surface area (Å²) < 4.78 is 60.0. The number of rotatable bonds is 49. The van der Waals surface area contributed by atoms with Crippen LogP contribution >= 0.6 is 0 Å². The predicted molar refractivity (Wildman–Crippen MR) is 395 cm³/mol. The molecule has 1 fully saturated rings. The molecule has 0 spiro atoms. The van der Waals surface area contributed by atoms with E-state index in [9.17, 15) is 128 Å². The summed E-state index contributed by atoms with van der Waals surface area (Å²) in [5.41, 5.74) is 3.69. The highest BCUT2D eigenvalue weighted by Gasteiger charge is 2.39. The van der Waals surface area contributed by atoms with Crippen LogP contribution in [0.15, 0.2) is 0 Å². The highest BCUT2D eigenvalue weighted by Crippen LogP contribution is 2.15. The van der Waals surface area contributed by atoms with Crippen LogP contribution in [0.5, 0.6) is 0 Å². The number of carboxylic acids is 1. The van der Waals surface area contributed by atoms with Crippen LogP contribution in [0.1, 0.15) is 158 Å². The Morgan fingerprint density at radius 3 is 0.824 bits per heavy atom. The Balaban J connectivity index is -0.00000172. The Labute approximate surface area is 681 Å². The maximum Gasteiger partial charge on any atom is 0.490 e. The number of hydrogen-bond donors (Lipinski definition) is 8. The Bertz CT molecular complexity index is 3580. The molecule has 1 saturated heterocycles.